The highest BCUT2D eigenvalue weighted by Gasteiger charge is 2.57. The van der Waals surface area contributed by atoms with Crippen molar-refractivity contribution < 1.29 is 9.90 Å². The van der Waals surface area contributed by atoms with Crippen molar-refractivity contribution in [3.63, 3.8) is 0 Å². The van der Waals surface area contributed by atoms with Crippen molar-refractivity contribution >= 4 is 5.91 Å². The number of carbonyl (C=O) groups excluding carboxylic acids is 1. The molecular formula is C25H37NO2. The van der Waals surface area contributed by atoms with Crippen LogP contribution < -0.4 is 0 Å². The summed E-state index contributed by atoms with van der Waals surface area (Å²) in [5, 5.41) is 10.5. The Morgan fingerprint density at radius 1 is 1.18 bits per heavy atom. The number of nitrogens with zero attached hydrogens (tertiary/aromatic N) is 1. The molecule has 1 amide bonds. The van der Waals surface area contributed by atoms with Gasteiger partial charge >= 0.3 is 0 Å². The standard InChI is InChI=1S/C25H37NO2/c1-5-7-17-10-12-18(13-11-17)23(28)26-15-14-25(4)20-8-6-9-21(27)19(20)16-22(26)24(25,2)3/h6,8-9,17-18,22,27H,5,7,10-16H2,1-4H3/t17?,18?,22-,25+/m1/s1. The number of hydrogen-bond donors (Lipinski definition) is 1. The Labute approximate surface area is 170 Å². The Bertz CT molecular complexity index is 747. The van der Waals surface area contributed by atoms with Crippen LogP contribution in [0.2, 0.25) is 0 Å². The molecule has 28 heavy (non-hydrogen) atoms. The van der Waals surface area contributed by atoms with Crippen molar-refractivity contribution in [3.8, 4) is 5.75 Å². The van der Waals surface area contributed by atoms with E-state index in [1.54, 1.807) is 6.07 Å². The Hall–Kier alpha value is -1.51. The molecule has 1 N–H and O–H groups in total. The van der Waals surface area contributed by atoms with E-state index in [2.05, 4.69) is 38.7 Å². The molecule has 1 heterocycles. The number of fused-ring (bicyclic) bond motifs is 4. The number of piperidine rings is 1. The first-order valence-corrected chi connectivity index (χ1v) is 11.4. The van der Waals surface area contributed by atoms with Gasteiger partial charge in [0.15, 0.2) is 0 Å². The highest BCUT2D eigenvalue weighted by atomic mass is 16.3. The third kappa shape index (κ3) is 2.88. The summed E-state index contributed by atoms with van der Waals surface area (Å²) in [4.78, 5) is 15.8. The Kier molecular flexibility index (Phi) is 5.00. The molecule has 2 fully saturated rings. The van der Waals surface area contributed by atoms with Crippen molar-refractivity contribution in [2.24, 2.45) is 17.3 Å². The van der Waals surface area contributed by atoms with E-state index < -0.39 is 0 Å². The summed E-state index contributed by atoms with van der Waals surface area (Å²) in [6, 6.07) is 6.15. The molecule has 1 saturated heterocycles. The lowest BCUT2D eigenvalue weighted by Crippen LogP contribution is -2.65. The number of aromatic hydroxyl groups is 1. The molecule has 0 aromatic heterocycles. The number of likely N-dealkylation sites (tertiary alicyclic amines) is 1. The summed E-state index contributed by atoms with van der Waals surface area (Å²) >= 11 is 0. The van der Waals surface area contributed by atoms with E-state index >= 15 is 0 Å². The SMILES string of the molecule is CCCC1CCC(C(=O)N2CC[C@@]3(C)c4cccc(O)c4C[C@@H]2C3(C)C)CC1. The van der Waals surface area contributed by atoms with E-state index in [9.17, 15) is 9.90 Å². The summed E-state index contributed by atoms with van der Waals surface area (Å²) in [5.41, 5.74) is 2.36. The summed E-state index contributed by atoms with van der Waals surface area (Å²) in [7, 11) is 0. The van der Waals surface area contributed by atoms with Crippen molar-refractivity contribution in [3.05, 3.63) is 29.3 Å². The summed E-state index contributed by atoms with van der Waals surface area (Å²) < 4.78 is 0. The zero-order valence-corrected chi connectivity index (χ0v) is 18.1. The van der Waals surface area contributed by atoms with Crippen LogP contribution in [0.4, 0.5) is 0 Å². The average molecular weight is 384 g/mol. The molecule has 1 saturated carbocycles. The topological polar surface area (TPSA) is 40.5 Å². The number of phenols is 1. The molecule has 3 aliphatic rings. The van der Waals surface area contributed by atoms with E-state index in [1.807, 2.05) is 6.07 Å². The van der Waals surface area contributed by atoms with Gasteiger partial charge in [-0.2, -0.15) is 0 Å². The van der Waals surface area contributed by atoms with Crippen molar-refractivity contribution in [1.82, 2.24) is 4.90 Å². The van der Waals surface area contributed by atoms with Crippen molar-refractivity contribution in [2.45, 2.75) is 90.5 Å². The highest BCUT2D eigenvalue weighted by molar-refractivity contribution is 5.80. The average Bonchev–Trinajstić information content (AvgIpc) is 2.66. The van der Waals surface area contributed by atoms with E-state index in [-0.39, 0.29) is 22.8 Å². The Morgan fingerprint density at radius 2 is 1.89 bits per heavy atom. The lowest BCUT2D eigenvalue weighted by atomic mass is 9.51. The van der Waals surface area contributed by atoms with E-state index in [0.29, 0.717) is 11.7 Å². The first kappa shape index (κ1) is 19.8. The van der Waals surface area contributed by atoms with Gasteiger partial charge in [0.05, 0.1) is 0 Å². The van der Waals surface area contributed by atoms with Crippen molar-refractivity contribution in [2.75, 3.05) is 6.54 Å². The largest absolute Gasteiger partial charge is 0.508 e. The van der Waals surface area contributed by atoms with Gasteiger partial charge in [0.25, 0.3) is 0 Å². The fourth-order valence-corrected chi connectivity index (χ4v) is 6.53. The zero-order chi connectivity index (χ0) is 20.1. The Balaban J connectivity index is 1.59. The smallest absolute Gasteiger partial charge is 0.225 e. The van der Waals surface area contributed by atoms with Crippen LogP contribution in [0.15, 0.2) is 18.2 Å². The quantitative estimate of drug-likeness (QED) is 0.755. The first-order valence-electron chi connectivity index (χ1n) is 11.4. The zero-order valence-electron chi connectivity index (χ0n) is 18.1. The molecule has 2 atom stereocenters. The van der Waals surface area contributed by atoms with Crippen LogP contribution >= 0.6 is 0 Å². The third-order valence-electron chi connectivity index (χ3n) is 8.80. The number of carbonyl (C=O) groups is 1. The molecule has 1 aromatic rings. The van der Waals surface area contributed by atoms with Gasteiger partial charge in [-0.15, -0.1) is 0 Å². The monoisotopic (exact) mass is 383 g/mol. The van der Waals surface area contributed by atoms with Crippen LogP contribution in [0.1, 0.15) is 83.8 Å². The summed E-state index contributed by atoms with van der Waals surface area (Å²) in [6.45, 7) is 10.1. The van der Waals surface area contributed by atoms with Gasteiger partial charge in [0.1, 0.15) is 5.75 Å². The predicted molar refractivity (Wildman–Crippen MR) is 113 cm³/mol. The van der Waals surface area contributed by atoms with Gasteiger partial charge in [-0.05, 0) is 67.1 Å². The lowest BCUT2D eigenvalue weighted by molar-refractivity contribution is -0.149. The first-order chi connectivity index (χ1) is 13.3. The van der Waals surface area contributed by atoms with E-state index in [4.69, 9.17) is 0 Å². The minimum atomic E-state index is -0.000440. The summed E-state index contributed by atoms with van der Waals surface area (Å²) in [6.07, 6.45) is 8.88. The molecule has 1 aliphatic heterocycles. The maximum atomic E-state index is 13.6. The maximum Gasteiger partial charge on any atom is 0.225 e. The van der Waals surface area contributed by atoms with Gasteiger partial charge in [0, 0.05) is 23.9 Å². The fourth-order valence-electron chi connectivity index (χ4n) is 6.53. The van der Waals surface area contributed by atoms with E-state index in [0.717, 1.165) is 43.7 Å². The second kappa shape index (κ2) is 7.07. The Morgan fingerprint density at radius 3 is 2.57 bits per heavy atom. The van der Waals surface area contributed by atoms with Crippen LogP contribution in [0.3, 0.4) is 0 Å². The van der Waals surface area contributed by atoms with Crippen LogP contribution in [0, 0.1) is 17.3 Å². The van der Waals surface area contributed by atoms with Gasteiger partial charge in [0.2, 0.25) is 5.91 Å². The van der Waals surface area contributed by atoms with Gasteiger partial charge < -0.3 is 10.0 Å². The second-order valence-electron chi connectivity index (χ2n) is 10.4. The molecule has 4 rings (SSSR count). The number of rotatable bonds is 3. The van der Waals surface area contributed by atoms with Gasteiger partial charge in [-0.3, -0.25) is 4.79 Å². The highest BCUT2D eigenvalue weighted by Crippen LogP contribution is 2.57. The normalized spacial score (nSPS) is 34.0. The molecule has 154 valence electrons. The summed E-state index contributed by atoms with van der Waals surface area (Å²) in [5.74, 6) is 1.82. The van der Waals surface area contributed by atoms with Crippen LogP contribution in [-0.4, -0.2) is 28.5 Å². The molecule has 2 aliphatic carbocycles. The molecular weight excluding hydrogens is 346 g/mol. The van der Waals surface area contributed by atoms with Crippen LogP contribution in [0.5, 0.6) is 5.75 Å². The molecule has 3 nitrogen and oxygen atoms in total. The molecule has 0 radical (unpaired) electrons. The van der Waals surface area contributed by atoms with Crippen molar-refractivity contribution in [1.29, 1.82) is 0 Å². The maximum absolute atomic E-state index is 13.6. The van der Waals surface area contributed by atoms with Crippen LogP contribution in [0.25, 0.3) is 0 Å². The predicted octanol–water partition coefficient (Wildman–Crippen LogP) is 5.44. The lowest BCUT2D eigenvalue weighted by Gasteiger charge is -2.61. The molecule has 0 spiro atoms. The minimum absolute atomic E-state index is 0.000440. The second-order valence-corrected chi connectivity index (χ2v) is 10.4. The van der Waals surface area contributed by atoms with Crippen LogP contribution in [-0.2, 0) is 16.6 Å². The number of amides is 1. The molecule has 3 heteroatoms. The third-order valence-corrected chi connectivity index (χ3v) is 8.80. The van der Waals surface area contributed by atoms with E-state index in [1.165, 1.54) is 31.2 Å². The molecule has 0 unspecified atom stereocenters. The fraction of sp³-hybridized carbons (Fsp3) is 0.720. The number of phenolic OH excluding ortho intramolecular Hbond substituents is 1. The van der Waals surface area contributed by atoms with Gasteiger partial charge in [-0.1, -0.05) is 52.7 Å². The van der Waals surface area contributed by atoms with Gasteiger partial charge in [-0.25, -0.2) is 0 Å². The number of benzene rings is 1. The number of hydrogen-bond acceptors (Lipinski definition) is 2. The molecule has 2 bridgehead atoms. The molecule has 1 aromatic carbocycles. The minimum Gasteiger partial charge on any atom is -0.508 e.